The summed E-state index contributed by atoms with van der Waals surface area (Å²) in [4.78, 5) is 0. The summed E-state index contributed by atoms with van der Waals surface area (Å²) in [6.07, 6.45) is 1.59. The van der Waals surface area contributed by atoms with Gasteiger partial charge in [0.2, 0.25) is 0 Å². The van der Waals surface area contributed by atoms with Crippen molar-refractivity contribution in [3.8, 4) is 11.5 Å². The normalized spacial score (nSPS) is 18.7. The van der Waals surface area contributed by atoms with Gasteiger partial charge in [-0.3, -0.25) is 0 Å². The Labute approximate surface area is 83.5 Å². The van der Waals surface area contributed by atoms with Crippen molar-refractivity contribution >= 4 is 0 Å². The van der Waals surface area contributed by atoms with Gasteiger partial charge in [-0.25, -0.2) is 0 Å². The molecule has 1 aliphatic rings. The molecule has 0 spiro atoms. The highest BCUT2D eigenvalue weighted by atomic mass is 16.6. The molecule has 0 N–H and O–H groups in total. The molecule has 14 heavy (non-hydrogen) atoms. The summed E-state index contributed by atoms with van der Waals surface area (Å²) in [5.41, 5.74) is 0.847. The van der Waals surface area contributed by atoms with E-state index in [1.54, 1.807) is 6.08 Å². The van der Waals surface area contributed by atoms with Crippen LogP contribution in [0.2, 0.25) is 0 Å². The molecule has 1 atom stereocenters. The van der Waals surface area contributed by atoms with Gasteiger partial charge < -0.3 is 9.47 Å². The Morgan fingerprint density at radius 3 is 2.79 bits per heavy atom. The third kappa shape index (κ3) is 1.51. The minimum atomic E-state index is -0.109. The maximum Gasteiger partial charge on any atom is 0.162 e. The number of rotatable bonds is 2. The number of para-hydroxylation sites is 2. The molecule has 1 aliphatic heterocycles. The molecule has 0 bridgehead atoms. The predicted octanol–water partition coefficient (Wildman–Crippen LogP) is 2.57. The molecule has 1 heterocycles. The molecule has 1 aromatic carbocycles. The smallest absolute Gasteiger partial charge is 0.162 e. The molecule has 2 rings (SSSR count). The largest absolute Gasteiger partial charge is 0.485 e. The lowest BCUT2D eigenvalue weighted by Crippen LogP contribution is -2.29. The second kappa shape index (κ2) is 3.58. The topological polar surface area (TPSA) is 18.5 Å². The molecule has 0 saturated carbocycles. The molecule has 2 nitrogen and oxygen atoms in total. The van der Waals surface area contributed by atoms with Crippen LogP contribution in [0.4, 0.5) is 0 Å². The van der Waals surface area contributed by atoms with Crippen molar-refractivity contribution < 1.29 is 9.47 Å². The van der Waals surface area contributed by atoms with Crippen molar-refractivity contribution in [2.75, 3.05) is 6.61 Å². The van der Waals surface area contributed by atoms with Crippen LogP contribution in [-0.4, -0.2) is 12.7 Å². The molecule has 72 valence electrons. The van der Waals surface area contributed by atoms with Gasteiger partial charge in [0, 0.05) is 0 Å². The van der Waals surface area contributed by atoms with Gasteiger partial charge in [0.05, 0.1) is 0 Å². The van der Waals surface area contributed by atoms with E-state index in [2.05, 4.69) is 13.2 Å². The number of hydrogen-bond acceptors (Lipinski definition) is 2. The highest BCUT2D eigenvalue weighted by molar-refractivity contribution is 5.42. The summed E-state index contributed by atoms with van der Waals surface area (Å²) in [5.74, 6) is 1.56. The van der Waals surface area contributed by atoms with E-state index in [4.69, 9.17) is 9.47 Å². The van der Waals surface area contributed by atoms with E-state index < -0.39 is 0 Å². The molecular weight excluding hydrogens is 176 g/mol. The van der Waals surface area contributed by atoms with Crippen molar-refractivity contribution in [2.45, 2.75) is 6.10 Å². The Morgan fingerprint density at radius 2 is 2.07 bits per heavy atom. The van der Waals surface area contributed by atoms with E-state index in [1.807, 2.05) is 24.3 Å². The Bertz CT molecular complexity index is 368. The van der Waals surface area contributed by atoms with E-state index in [1.165, 1.54) is 0 Å². The number of fused-ring (bicyclic) bond motifs is 1. The maximum absolute atomic E-state index is 5.69. The summed E-state index contributed by atoms with van der Waals surface area (Å²) in [6.45, 7) is 8.01. The number of benzene rings is 1. The summed E-state index contributed by atoms with van der Waals surface area (Å²) in [7, 11) is 0. The third-order valence-electron chi connectivity index (χ3n) is 2.18. The van der Waals surface area contributed by atoms with Gasteiger partial charge in [-0.2, -0.15) is 0 Å². The van der Waals surface area contributed by atoms with Crippen LogP contribution in [-0.2, 0) is 0 Å². The first kappa shape index (κ1) is 8.88. The zero-order valence-corrected chi connectivity index (χ0v) is 7.90. The van der Waals surface area contributed by atoms with Crippen LogP contribution in [0.15, 0.2) is 49.1 Å². The SMILES string of the molecule is C=CC(=C)C1COc2ccccc2O1. The van der Waals surface area contributed by atoms with Crippen LogP contribution < -0.4 is 9.47 Å². The zero-order chi connectivity index (χ0) is 9.97. The van der Waals surface area contributed by atoms with Crippen molar-refractivity contribution in [3.05, 3.63) is 49.1 Å². The molecule has 1 unspecified atom stereocenters. The number of hydrogen-bond donors (Lipinski definition) is 0. The lowest BCUT2D eigenvalue weighted by molar-refractivity contribution is 0.118. The highest BCUT2D eigenvalue weighted by Gasteiger charge is 2.21. The fraction of sp³-hybridized carbons (Fsp3) is 0.167. The second-order valence-electron chi connectivity index (χ2n) is 3.14. The van der Waals surface area contributed by atoms with E-state index in [9.17, 15) is 0 Å². The van der Waals surface area contributed by atoms with Crippen LogP contribution in [0.1, 0.15) is 0 Å². The lowest BCUT2D eigenvalue weighted by Gasteiger charge is -2.26. The average molecular weight is 188 g/mol. The predicted molar refractivity (Wildman–Crippen MR) is 55.7 cm³/mol. The Balaban J connectivity index is 2.21. The summed E-state index contributed by atoms with van der Waals surface area (Å²) >= 11 is 0. The van der Waals surface area contributed by atoms with Crippen LogP contribution in [0.3, 0.4) is 0 Å². The van der Waals surface area contributed by atoms with Crippen LogP contribution in [0.5, 0.6) is 11.5 Å². The molecule has 0 aromatic heterocycles. The summed E-state index contributed by atoms with van der Waals surface area (Å²) in [6, 6.07) is 7.62. The zero-order valence-electron chi connectivity index (χ0n) is 7.90. The van der Waals surface area contributed by atoms with Gasteiger partial charge in [-0.15, -0.1) is 0 Å². The maximum atomic E-state index is 5.69. The minimum absolute atomic E-state index is 0.109. The van der Waals surface area contributed by atoms with Crippen molar-refractivity contribution in [3.63, 3.8) is 0 Å². The molecule has 0 amide bonds. The number of ether oxygens (including phenoxy) is 2. The van der Waals surface area contributed by atoms with Gasteiger partial charge in [-0.05, 0) is 17.7 Å². The summed E-state index contributed by atoms with van der Waals surface area (Å²) < 4.78 is 11.2. The van der Waals surface area contributed by atoms with E-state index >= 15 is 0 Å². The minimum Gasteiger partial charge on any atom is -0.485 e. The third-order valence-corrected chi connectivity index (χ3v) is 2.18. The van der Waals surface area contributed by atoms with Crippen molar-refractivity contribution in [1.82, 2.24) is 0 Å². The van der Waals surface area contributed by atoms with Gasteiger partial charge in [0.15, 0.2) is 17.6 Å². The molecular formula is C12H12O2. The Kier molecular flexibility index (Phi) is 2.27. The molecule has 0 radical (unpaired) electrons. The molecule has 1 aromatic rings. The van der Waals surface area contributed by atoms with Gasteiger partial charge >= 0.3 is 0 Å². The fourth-order valence-corrected chi connectivity index (χ4v) is 1.33. The monoisotopic (exact) mass is 188 g/mol. The Hall–Kier alpha value is -1.70. The van der Waals surface area contributed by atoms with Gasteiger partial charge in [0.1, 0.15) is 6.61 Å². The lowest BCUT2D eigenvalue weighted by atomic mass is 10.1. The van der Waals surface area contributed by atoms with Crippen molar-refractivity contribution in [2.24, 2.45) is 0 Å². The quantitative estimate of drug-likeness (QED) is 0.664. The molecule has 0 saturated heterocycles. The average Bonchev–Trinajstić information content (AvgIpc) is 2.27. The van der Waals surface area contributed by atoms with E-state index in [0.717, 1.165) is 17.1 Å². The Morgan fingerprint density at radius 1 is 1.36 bits per heavy atom. The highest BCUT2D eigenvalue weighted by Crippen LogP contribution is 2.32. The van der Waals surface area contributed by atoms with Crippen LogP contribution in [0, 0.1) is 0 Å². The van der Waals surface area contributed by atoms with Gasteiger partial charge in [0.25, 0.3) is 0 Å². The van der Waals surface area contributed by atoms with Crippen molar-refractivity contribution in [1.29, 1.82) is 0 Å². The molecule has 2 heteroatoms. The van der Waals surface area contributed by atoms with Gasteiger partial charge in [-0.1, -0.05) is 31.4 Å². The van der Waals surface area contributed by atoms with E-state index in [0.29, 0.717) is 6.61 Å². The van der Waals surface area contributed by atoms with E-state index in [-0.39, 0.29) is 6.10 Å². The fourth-order valence-electron chi connectivity index (χ4n) is 1.33. The first-order chi connectivity index (χ1) is 6.81. The first-order valence-electron chi connectivity index (χ1n) is 4.51. The standard InChI is InChI=1S/C12H12O2/c1-3-9(2)12-8-13-10-6-4-5-7-11(10)14-12/h3-7,12H,1-2,8H2. The molecule has 0 fully saturated rings. The summed E-state index contributed by atoms with van der Waals surface area (Å²) in [5, 5.41) is 0. The first-order valence-corrected chi connectivity index (χ1v) is 4.51. The van der Waals surface area contributed by atoms with Crippen LogP contribution in [0.25, 0.3) is 0 Å². The second-order valence-corrected chi connectivity index (χ2v) is 3.14. The molecule has 0 aliphatic carbocycles. The van der Waals surface area contributed by atoms with Crippen LogP contribution >= 0.6 is 0 Å².